The van der Waals surface area contributed by atoms with E-state index in [1.165, 1.54) is 0 Å². The molecule has 2 N–H and O–H groups in total. The molecule has 2 aromatic rings. The maximum atomic E-state index is 11.1. The molecular weight excluding hydrogens is 304 g/mol. The molecule has 0 radical (unpaired) electrons. The molecule has 24 heavy (non-hydrogen) atoms. The first kappa shape index (κ1) is 16.2. The molecule has 0 saturated carbocycles. The summed E-state index contributed by atoms with van der Waals surface area (Å²) in [5.74, 6) is 0.456. The minimum Gasteiger partial charge on any atom is -0.481 e. The number of nitrogens with zero attached hydrogens (tertiary/aromatic N) is 3. The fraction of sp³-hybridized carbons (Fsp3) is 0.389. The highest BCUT2D eigenvalue weighted by Crippen LogP contribution is 2.25. The zero-order valence-corrected chi connectivity index (χ0v) is 14.0. The van der Waals surface area contributed by atoms with Crippen molar-refractivity contribution in [2.24, 2.45) is 5.92 Å². The van der Waals surface area contributed by atoms with E-state index in [1.807, 2.05) is 12.1 Å². The average Bonchev–Trinajstić information content (AvgIpc) is 2.59. The van der Waals surface area contributed by atoms with E-state index in [1.54, 1.807) is 6.20 Å². The number of hydrogen-bond acceptors (Lipinski definition) is 5. The standard InChI is InChI=1S/C18H22N4O2/c1-12-4-3-5-13(2)16(12)21-18-19-9-6-15(20-18)22-10-7-14(8-11-22)17(23)24/h3-6,9,14H,7-8,10-11H2,1-2H3,(H,23,24)(H,19,20,21). The number of aliphatic carboxylic acids is 1. The Kier molecular flexibility index (Phi) is 4.64. The van der Waals surface area contributed by atoms with Crippen molar-refractivity contribution in [3.05, 3.63) is 41.6 Å². The number of benzene rings is 1. The minimum absolute atomic E-state index is 0.240. The fourth-order valence-corrected chi connectivity index (χ4v) is 3.06. The van der Waals surface area contributed by atoms with Crippen molar-refractivity contribution in [3.63, 3.8) is 0 Å². The number of carbonyl (C=O) groups is 1. The van der Waals surface area contributed by atoms with Crippen molar-refractivity contribution in [3.8, 4) is 0 Å². The first-order valence-corrected chi connectivity index (χ1v) is 8.18. The molecule has 0 amide bonds. The lowest BCUT2D eigenvalue weighted by molar-refractivity contribution is -0.142. The molecule has 1 fully saturated rings. The van der Waals surface area contributed by atoms with Crippen molar-refractivity contribution in [2.45, 2.75) is 26.7 Å². The number of aryl methyl sites for hydroxylation is 2. The number of nitrogens with one attached hydrogen (secondary N) is 1. The van der Waals surface area contributed by atoms with Crippen LogP contribution in [0.1, 0.15) is 24.0 Å². The molecule has 1 saturated heterocycles. The summed E-state index contributed by atoms with van der Waals surface area (Å²) in [7, 11) is 0. The zero-order valence-electron chi connectivity index (χ0n) is 14.0. The number of anilines is 3. The third kappa shape index (κ3) is 3.48. The maximum absolute atomic E-state index is 11.1. The molecule has 1 aromatic carbocycles. The molecule has 1 aliphatic heterocycles. The Labute approximate surface area is 141 Å². The van der Waals surface area contributed by atoms with Crippen LogP contribution in [-0.2, 0) is 4.79 Å². The Hall–Kier alpha value is -2.63. The molecule has 0 spiro atoms. The number of para-hydroxylation sites is 1. The quantitative estimate of drug-likeness (QED) is 0.899. The molecule has 6 heteroatoms. The van der Waals surface area contributed by atoms with Gasteiger partial charge in [0.2, 0.25) is 5.95 Å². The van der Waals surface area contributed by atoms with E-state index in [4.69, 9.17) is 5.11 Å². The summed E-state index contributed by atoms with van der Waals surface area (Å²) >= 11 is 0. The monoisotopic (exact) mass is 326 g/mol. The second kappa shape index (κ2) is 6.86. The molecule has 3 rings (SSSR count). The predicted octanol–water partition coefficient (Wildman–Crippen LogP) is 3.14. The molecule has 2 heterocycles. The number of piperidine rings is 1. The van der Waals surface area contributed by atoms with Crippen LogP contribution in [0, 0.1) is 19.8 Å². The maximum Gasteiger partial charge on any atom is 0.306 e. The van der Waals surface area contributed by atoms with Crippen molar-refractivity contribution < 1.29 is 9.90 Å². The van der Waals surface area contributed by atoms with Crippen LogP contribution >= 0.6 is 0 Å². The van der Waals surface area contributed by atoms with E-state index in [0.29, 0.717) is 31.9 Å². The van der Waals surface area contributed by atoms with Gasteiger partial charge in [-0.3, -0.25) is 4.79 Å². The number of rotatable bonds is 4. The van der Waals surface area contributed by atoms with Crippen LogP contribution in [0.15, 0.2) is 30.5 Å². The van der Waals surface area contributed by atoms with Crippen molar-refractivity contribution >= 4 is 23.4 Å². The van der Waals surface area contributed by atoms with E-state index in [2.05, 4.69) is 46.2 Å². The topological polar surface area (TPSA) is 78.4 Å². The number of carboxylic acid groups (broad SMARTS) is 1. The van der Waals surface area contributed by atoms with Crippen LogP contribution in [0.3, 0.4) is 0 Å². The molecule has 1 aromatic heterocycles. The first-order valence-electron chi connectivity index (χ1n) is 8.18. The highest BCUT2D eigenvalue weighted by atomic mass is 16.4. The van der Waals surface area contributed by atoms with Crippen molar-refractivity contribution in [2.75, 3.05) is 23.3 Å². The Balaban J connectivity index is 1.74. The Morgan fingerprint density at radius 2 is 1.88 bits per heavy atom. The van der Waals surface area contributed by atoms with Gasteiger partial charge in [0.15, 0.2) is 0 Å². The van der Waals surface area contributed by atoms with Crippen LogP contribution in [0.25, 0.3) is 0 Å². The normalized spacial score (nSPS) is 15.3. The molecule has 126 valence electrons. The van der Waals surface area contributed by atoms with E-state index in [0.717, 1.165) is 22.6 Å². The lowest BCUT2D eigenvalue weighted by Gasteiger charge is -2.31. The van der Waals surface area contributed by atoms with Gasteiger partial charge in [-0.25, -0.2) is 4.98 Å². The summed E-state index contributed by atoms with van der Waals surface area (Å²) < 4.78 is 0. The van der Waals surface area contributed by atoms with Crippen LogP contribution in [0.2, 0.25) is 0 Å². The van der Waals surface area contributed by atoms with Crippen LogP contribution in [-0.4, -0.2) is 34.1 Å². The summed E-state index contributed by atoms with van der Waals surface area (Å²) in [6.07, 6.45) is 3.04. The van der Waals surface area contributed by atoms with Crippen LogP contribution in [0.5, 0.6) is 0 Å². The van der Waals surface area contributed by atoms with E-state index in [-0.39, 0.29) is 5.92 Å². The molecule has 0 unspecified atom stereocenters. The van der Waals surface area contributed by atoms with Gasteiger partial charge in [0.05, 0.1) is 5.92 Å². The number of aromatic nitrogens is 2. The zero-order chi connectivity index (χ0) is 17.1. The molecule has 6 nitrogen and oxygen atoms in total. The van der Waals surface area contributed by atoms with E-state index in [9.17, 15) is 4.79 Å². The lowest BCUT2D eigenvalue weighted by atomic mass is 9.97. The van der Waals surface area contributed by atoms with Crippen LogP contribution < -0.4 is 10.2 Å². The summed E-state index contributed by atoms with van der Waals surface area (Å²) in [6, 6.07) is 8.00. The van der Waals surface area contributed by atoms with E-state index >= 15 is 0 Å². The van der Waals surface area contributed by atoms with Gasteiger partial charge >= 0.3 is 5.97 Å². The van der Waals surface area contributed by atoms with Gasteiger partial charge in [0.25, 0.3) is 0 Å². The third-order valence-electron chi connectivity index (χ3n) is 4.53. The van der Waals surface area contributed by atoms with E-state index < -0.39 is 5.97 Å². The van der Waals surface area contributed by atoms with Crippen molar-refractivity contribution in [1.29, 1.82) is 0 Å². The Morgan fingerprint density at radius 3 is 2.50 bits per heavy atom. The number of carboxylic acids is 1. The first-order chi connectivity index (χ1) is 11.5. The second-order valence-corrected chi connectivity index (χ2v) is 6.23. The molecule has 0 bridgehead atoms. The van der Waals surface area contributed by atoms with Gasteiger partial charge in [-0.05, 0) is 43.9 Å². The number of hydrogen-bond donors (Lipinski definition) is 2. The largest absolute Gasteiger partial charge is 0.481 e. The predicted molar refractivity (Wildman–Crippen MR) is 93.8 cm³/mol. The average molecular weight is 326 g/mol. The minimum atomic E-state index is -0.699. The highest BCUT2D eigenvalue weighted by molar-refractivity contribution is 5.70. The molecular formula is C18H22N4O2. The molecule has 0 aliphatic carbocycles. The van der Waals surface area contributed by atoms with Crippen molar-refractivity contribution in [1.82, 2.24) is 9.97 Å². The third-order valence-corrected chi connectivity index (χ3v) is 4.53. The van der Waals surface area contributed by atoms with Crippen LogP contribution in [0.4, 0.5) is 17.5 Å². The van der Waals surface area contributed by atoms with Gasteiger partial charge in [-0.15, -0.1) is 0 Å². The SMILES string of the molecule is Cc1cccc(C)c1Nc1nccc(N2CCC(C(=O)O)CC2)n1. The smallest absolute Gasteiger partial charge is 0.306 e. The van der Waals surface area contributed by atoms with Gasteiger partial charge in [-0.2, -0.15) is 4.98 Å². The summed E-state index contributed by atoms with van der Waals surface area (Å²) in [5.41, 5.74) is 3.32. The Bertz CT molecular complexity index is 719. The lowest BCUT2D eigenvalue weighted by Crippen LogP contribution is -2.36. The van der Waals surface area contributed by atoms with Gasteiger partial charge < -0.3 is 15.3 Å². The Morgan fingerprint density at radius 1 is 1.21 bits per heavy atom. The molecule has 0 atom stereocenters. The van der Waals surface area contributed by atoms with Gasteiger partial charge in [0.1, 0.15) is 5.82 Å². The molecule has 1 aliphatic rings. The highest BCUT2D eigenvalue weighted by Gasteiger charge is 2.25. The summed E-state index contributed by atoms with van der Waals surface area (Å²) in [4.78, 5) is 22.1. The summed E-state index contributed by atoms with van der Waals surface area (Å²) in [6.45, 7) is 5.51. The second-order valence-electron chi connectivity index (χ2n) is 6.23. The van der Waals surface area contributed by atoms with Gasteiger partial charge in [-0.1, -0.05) is 18.2 Å². The summed E-state index contributed by atoms with van der Waals surface area (Å²) in [5, 5.41) is 12.4. The van der Waals surface area contributed by atoms with Gasteiger partial charge in [0, 0.05) is 25.0 Å². The fourth-order valence-electron chi connectivity index (χ4n) is 3.06.